The van der Waals surface area contributed by atoms with E-state index in [1.54, 1.807) is 6.92 Å². The maximum Gasteiger partial charge on any atom is 0.274 e. The van der Waals surface area contributed by atoms with E-state index in [1.807, 2.05) is 0 Å². The molecule has 0 spiro atoms. The topological polar surface area (TPSA) is 75.1 Å². The van der Waals surface area contributed by atoms with Gasteiger partial charge in [-0.15, -0.1) is 0 Å². The Bertz CT molecular complexity index is 635. The van der Waals surface area contributed by atoms with Gasteiger partial charge in [-0.2, -0.15) is 9.50 Å². The smallest absolute Gasteiger partial charge is 0.274 e. The molecular formula is C12H17N5O. The van der Waals surface area contributed by atoms with E-state index in [1.165, 1.54) is 23.4 Å². The molecule has 0 aromatic carbocycles. The molecule has 96 valence electrons. The molecule has 1 aliphatic rings. The summed E-state index contributed by atoms with van der Waals surface area (Å²) in [5.74, 6) is 1.24. The van der Waals surface area contributed by atoms with Crippen molar-refractivity contribution in [3.63, 3.8) is 0 Å². The minimum atomic E-state index is -0.188. The number of hydrogen-bond acceptors (Lipinski definition) is 4. The van der Waals surface area contributed by atoms with Crippen LogP contribution in [0.25, 0.3) is 5.78 Å². The van der Waals surface area contributed by atoms with Gasteiger partial charge in [0.2, 0.25) is 0 Å². The van der Waals surface area contributed by atoms with Gasteiger partial charge in [-0.1, -0.05) is 0 Å². The lowest BCUT2D eigenvalue weighted by atomic mass is 9.90. The van der Waals surface area contributed by atoms with Crippen molar-refractivity contribution in [2.75, 3.05) is 6.54 Å². The molecule has 2 aromatic heterocycles. The van der Waals surface area contributed by atoms with Gasteiger partial charge >= 0.3 is 0 Å². The Hall–Kier alpha value is -1.69. The van der Waals surface area contributed by atoms with Crippen LogP contribution in [0.15, 0.2) is 10.9 Å². The van der Waals surface area contributed by atoms with Crippen LogP contribution in [0.3, 0.4) is 0 Å². The van der Waals surface area contributed by atoms with Crippen molar-refractivity contribution in [1.29, 1.82) is 0 Å². The van der Waals surface area contributed by atoms with Crippen LogP contribution in [-0.4, -0.2) is 26.1 Å². The second-order valence-corrected chi connectivity index (χ2v) is 5.16. The molecule has 2 N–H and O–H groups in total. The number of nitrogens with zero attached hydrogens (tertiary/aromatic N) is 3. The lowest BCUT2D eigenvalue weighted by Crippen LogP contribution is -2.44. The van der Waals surface area contributed by atoms with Crippen molar-refractivity contribution in [1.82, 2.24) is 24.9 Å². The molecule has 1 fully saturated rings. The molecule has 1 unspecified atom stereocenters. The fourth-order valence-corrected chi connectivity index (χ4v) is 2.50. The SMILES string of the molecule is Cc1cc(=O)n2[nH]c(C3(C)CCCCN3)nc2n1. The Balaban J connectivity index is 2.13. The van der Waals surface area contributed by atoms with Gasteiger partial charge in [-0.3, -0.25) is 9.89 Å². The van der Waals surface area contributed by atoms with Gasteiger partial charge in [0.15, 0.2) is 0 Å². The lowest BCUT2D eigenvalue weighted by Gasteiger charge is -2.32. The van der Waals surface area contributed by atoms with E-state index in [0.29, 0.717) is 11.5 Å². The summed E-state index contributed by atoms with van der Waals surface area (Å²) in [4.78, 5) is 20.6. The van der Waals surface area contributed by atoms with Gasteiger partial charge in [-0.25, -0.2) is 4.98 Å². The van der Waals surface area contributed by atoms with Crippen molar-refractivity contribution in [2.45, 2.75) is 38.6 Å². The number of aromatic amines is 1. The monoisotopic (exact) mass is 247 g/mol. The molecule has 3 heterocycles. The number of nitrogens with one attached hydrogen (secondary N) is 2. The number of aryl methyl sites for hydroxylation is 1. The lowest BCUT2D eigenvalue weighted by molar-refractivity contribution is 0.269. The number of rotatable bonds is 1. The molecule has 0 saturated carbocycles. The molecule has 0 radical (unpaired) electrons. The summed E-state index contributed by atoms with van der Waals surface area (Å²) < 4.78 is 1.41. The number of H-pyrrole nitrogens is 1. The largest absolute Gasteiger partial charge is 0.305 e. The van der Waals surface area contributed by atoms with Crippen molar-refractivity contribution in [3.8, 4) is 0 Å². The molecule has 18 heavy (non-hydrogen) atoms. The van der Waals surface area contributed by atoms with Gasteiger partial charge in [-0.05, 0) is 39.7 Å². The number of hydrogen-bond donors (Lipinski definition) is 2. The Morgan fingerprint density at radius 3 is 2.94 bits per heavy atom. The van der Waals surface area contributed by atoms with Gasteiger partial charge in [0.1, 0.15) is 5.82 Å². The summed E-state index contributed by atoms with van der Waals surface area (Å²) in [7, 11) is 0. The zero-order valence-electron chi connectivity index (χ0n) is 10.7. The fourth-order valence-electron chi connectivity index (χ4n) is 2.50. The van der Waals surface area contributed by atoms with Crippen LogP contribution in [0.5, 0.6) is 0 Å². The molecule has 6 heteroatoms. The predicted octanol–water partition coefficient (Wildman–Crippen LogP) is 0.715. The molecule has 6 nitrogen and oxygen atoms in total. The quantitative estimate of drug-likeness (QED) is 0.778. The van der Waals surface area contributed by atoms with Crippen molar-refractivity contribution >= 4 is 5.78 Å². The first kappa shape index (κ1) is 11.4. The van der Waals surface area contributed by atoms with Crippen molar-refractivity contribution < 1.29 is 0 Å². The molecule has 1 aliphatic heterocycles. The highest BCUT2D eigenvalue weighted by molar-refractivity contribution is 5.29. The minimum Gasteiger partial charge on any atom is -0.305 e. The average Bonchev–Trinajstić information content (AvgIpc) is 2.74. The fraction of sp³-hybridized carbons (Fsp3) is 0.583. The molecule has 0 amide bonds. The summed E-state index contributed by atoms with van der Waals surface area (Å²) >= 11 is 0. The first-order valence-electron chi connectivity index (χ1n) is 6.30. The summed E-state index contributed by atoms with van der Waals surface area (Å²) in [5, 5.41) is 6.54. The molecule has 1 saturated heterocycles. The van der Waals surface area contributed by atoms with Crippen LogP contribution in [0, 0.1) is 6.92 Å². The zero-order valence-corrected chi connectivity index (χ0v) is 10.7. The minimum absolute atomic E-state index is 0.115. The van der Waals surface area contributed by atoms with Crippen molar-refractivity contribution in [2.24, 2.45) is 0 Å². The maximum atomic E-state index is 11.8. The first-order chi connectivity index (χ1) is 8.58. The number of aromatic nitrogens is 4. The third kappa shape index (κ3) is 1.73. The van der Waals surface area contributed by atoms with Gasteiger partial charge in [0.05, 0.1) is 5.54 Å². The number of fused-ring (bicyclic) bond motifs is 1. The van der Waals surface area contributed by atoms with Crippen molar-refractivity contribution in [3.05, 3.63) is 27.9 Å². The Kier molecular flexibility index (Phi) is 2.48. The van der Waals surface area contributed by atoms with Gasteiger partial charge in [0.25, 0.3) is 11.3 Å². The third-order valence-electron chi connectivity index (χ3n) is 3.60. The molecule has 0 bridgehead atoms. The summed E-state index contributed by atoms with van der Waals surface area (Å²) in [6, 6.07) is 1.51. The standard InChI is InChI=1S/C12H17N5O/c1-8-7-9(18)17-11(14-8)15-10(16-17)12(2)5-3-4-6-13-12/h7,13H,3-6H2,1-2H3,(H,14,15,16). The molecule has 0 aliphatic carbocycles. The van der Waals surface area contributed by atoms with Crippen LogP contribution >= 0.6 is 0 Å². The van der Waals surface area contributed by atoms with Crippen LogP contribution in [0.4, 0.5) is 0 Å². The summed E-state index contributed by atoms with van der Waals surface area (Å²) in [5.41, 5.74) is 0.391. The molecule has 2 aromatic rings. The summed E-state index contributed by atoms with van der Waals surface area (Å²) in [6.45, 7) is 4.90. The Morgan fingerprint density at radius 1 is 1.39 bits per heavy atom. The zero-order chi connectivity index (χ0) is 12.8. The first-order valence-corrected chi connectivity index (χ1v) is 6.30. The van der Waals surface area contributed by atoms with E-state index in [2.05, 4.69) is 27.3 Å². The second-order valence-electron chi connectivity index (χ2n) is 5.16. The predicted molar refractivity (Wildman–Crippen MR) is 67.6 cm³/mol. The average molecular weight is 247 g/mol. The number of piperidine rings is 1. The Labute approximate surface area is 104 Å². The van der Waals surface area contributed by atoms with E-state index >= 15 is 0 Å². The molecule has 3 rings (SSSR count). The highest BCUT2D eigenvalue weighted by Gasteiger charge is 2.31. The van der Waals surface area contributed by atoms with E-state index in [0.717, 1.165) is 18.8 Å². The summed E-state index contributed by atoms with van der Waals surface area (Å²) in [6.07, 6.45) is 3.37. The highest BCUT2D eigenvalue weighted by Crippen LogP contribution is 2.27. The maximum absolute atomic E-state index is 11.8. The second kappa shape index (κ2) is 3.91. The molecule has 1 atom stereocenters. The van der Waals surface area contributed by atoms with E-state index in [9.17, 15) is 4.79 Å². The third-order valence-corrected chi connectivity index (χ3v) is 3.60. The normalized spacial score (nSPS) is 24.6. The van der Waals surface area contributed by atoms with Crippen LogP contribution < -0.4 is 10.9 Å². The Morgan fingerprint density at radius 2 is 2.22 bits per heavy atom. The van der Waals surface area contributed by atoms with E-state index < -0.39 is 0 Å². The van der Waals surface area contributed by atoms with Crippen LogP contribution in [0.1, 0.15) is 37.7 Å². The van der Waals surface area contributed by atoms with E-state index in [4.69, 9.17) is 0 Å². The highest BCUT2D eigenvalue weighted by atomic mass is 16.1. The van der Waals surface area contributed by atoms with E-state index in [-0.39, 0.29) is 11.1 Å². The van der Waals surface area contributed by atoms with Gasteiger partial charge in [0, 0.05) is 11.8 Å². The van der Waals surface area contributed by atoms with Crippen LogP contribution in [0.2, 0.25) is 0 Å². The molecular weight excluding hydrogens is 230 g/mol. The van der Waals surface area contributed by atoms with Crippen LogP contribution in [-0.2, 0) is 5.54 Å². The van der Waals surface area contributed by atoms with Gasteiger partial charge < -0.3 is 5.32 Å².